The zero-order valence-corrected chi connectivity index (χ0v) is 16.0. The summed E-state index contributed by atoms with van der Waals surface area (Å²) in [7, 11) is 1.63. The molecule has 2 N–H and O–H groups in total. The molecule has 0 saturated carbocycles. The van der Waals surface area contributed by atoms with Crippen LogP contribution >= 0.6 is 0 Å². The van der Waals surface area contributed by atoms with E-state index < -0.39 is 12.0 Å². The Morgan fingerprint density at radius 1 is 1.11 bits per heavy atom. The molecule has 1 aromatic heterocycles. The fraction of sp³-hybridized carbons (Fsp3) is 0.286. The lowest BCUT2D eigenvalue weighted by atomic mass is 10.0. The minimum atomic E-state index is -0.876. The summed E-state index contributed by atoms with van der Waals surface area (Å²) >= 11 is 0. The van der Waals surface area contributed by atoms with Crippen LogP contribution in [-0.2, 0) is 11.2 Å². The number of hydrogen-bond acceptors (Lipinski definition) is 6. The van der Waals surface area contributed by atoms with E-state index in [0.29, 0.717) is 18.1 Å². The fourth-order valence-electron chi connectivity index (χ4n) is 2.74. The van der Waals surface area contributed by atoms with Crippen molar-refractivity contribution in [3.05, 3.63) is 54.1 Å². The molecule has 0 amide bonds. The average molecular weight is 381 g/mol. The second kappa shape index (κ2) is 8.67. The highest BCUT2D eigenvalue weighted by Crippen LogP contribution is 2.25. The molecule has 1 unspecified atom stereocenters. The van der Waals surface area contributed by atoms with Crippen LogP contribution in [0.1, 0.15) is 19.4 Å². The Balaban J connectivity index is 1.72. The van der Waals surface area contributed by atoms with Crippen LogP contribution in [0.25, 0.3) is 22.8 Å². The van der Waals surface area contributed by atoms with Crippen LogP contribution in [-0.4, -0.2) is 40.4 Å². The molecule has 28 heavy (non-hydrogen) atoms. The van der Waals surface area contributed by atoms with E-state index >= 15 is 0 Å². The Labute approximate surface area is 163 Å². The number of benzene rings is 2. The topological polar surface area (TPSA) is 97.5 Å². The van der Waals surface area contributed by atoms with Crippen molar-refractivity contribution < 1.29 is 19.2 Å². The third-order valence-electron chi connectivity index (χ3n) is 4.20. The van der Waals surface area contributed by atoms with E-state index in [0.717, 1.165) is 22.4 Å². The molecule has 0 bridgehead atoms. The molecule has 3 rings (SSSR count). The van der Waals surface area contributed by atoms with Gasteiger partial charge in [0, 0.05) is 11.1 Å². The van der Waals surface area contributed by atoms with Crippen molar-refractivity contribution >= 4 is 5.97 Å². The van der Waals surface area contributed by atoms with Gasteiger partial charge >= 0.3 is 5.97 Å². The Bertz CT molecular complexity index is 918. The lowest BCUT2D eigenvalue weighted by Crippen LogP contribution is -2.35. The molecule has 0 spiro atoms. The predicted octanol–water partition coefficient (Wildman–Crippen LogP) is 3.41. The van der Waals surface area contributed by atoms with Gasteiger partial charge in [0.05, 0.1) is 6.10 Å². The summed E-state index contributed by atoms with van der Waals surface area (Å²) in [6.45, 7) is 3.95. The number of aliphatic carboxylic acids is 1. The highest BCUT2D eigenvalue weighted by molar-refractivity contribution is 5.74. The summed E-state index contributed by atoms with van der Waals surface area (Å²) in [5.41, 5.74) is 2.52. The summed E-state index contributed by atoms with van der Waals surface area (Å²) in [5.74, 6) is 0.818. The standard InChI is InChI=1S/C21H23N3O4/c1-13(2)27-17-10-8-16(9-11-17)20-23-19(24-28-20)15-6-4-14(5-7-15)12-18(22-3)21(25)26/h4-11,13,18,22H,12H2,1-3H3,(H,25,26). The largest absolute Gasteiger partial charge is 0.491 e. The molecular weight excluding hydrogens is 358 g/mol. The van der Waals surface area contributed by atoms with Gasteiger partial charge in [-0.1, -0.05) is 29.4 Å². The van der Waals surface area contributed by atoms with E-state index in [1.807, 2.05) is 62.4 Å². The monoisotopic (exact) mass is 381 g/mol. The molecule has 1 atom stereocenters. The zero-order chi connectivity index (χ0) is 20.1. The number of likely N-dealkylation sites (N-methyl/N-ethyl adjacent to an activating group) is 1. The molecule has 0 aliphatic heterocycles. The first-order chi connectivity index (χ1) is 13.5. The maximum Gasteiger partial charge on any atom is 0.321 e. The van der Waals surface area contributed by atoms with Gasteiger partial charge in [0.25, 0.3) is 5.89 Å². The fourth-order valence-corrected chi connectivity index (χ4v) is 2.74. The number of carboxylic acid groups (broad SMARTS) is 1. The van der Waals surface area contributed by atoms with Gasteiger partial charge in [-0.15, -0.1) is 0 Å². The van der Waals surface area contributed by atoms with Gasteiger partial charge in [-0.3, -0.25) is 4.79 Å². The van der Waals surface area contributed by atoms with E-state index in [4.69, 9.17) is 14.4 Å². The normalized spacial score (nSPS) is 12.1. The van der Waals surface area contributed by atoms with Crippen LogP contribution in [0.5, 0.6) is 5.75 Å². The number of aromatic nitrogens is 2. The average Bonchev–Trinajstić information content (AvgIpc) is 3.16. The second-order valence-electron chi connectivity index (χ2n) is 6.69. The van der Waals surface area contributed by atoms with Gasteiger partial charge in [0.2, 0.25) is 5.82 Å². The molecule has 0 aliphatic rings. The molecule has 3 aromatic rings. The lowest BCUT2D eigenvalue weighted by Gasteiger charge is -2.10. The van der Waals surface area contributed by atoms with Crippen molar-refractivity contribution in [3.63, 3.8) is 0 Å². The molecule has 7 heteroatoms. The smallest absolute Gasteiger partial charge is 0.321 e. The van der Waals surface area contributed by atoms with Gasteiger partial charge in [0.15, 0.2) is 0 Å². The highest BCUT2D eigenvalue weighted by atomic mass is 16.5. The quantitative estimate of drug-likeness (QED) is 0.617. The van der Waals surface area contributed by atoms with Gasteiger partial charge in [-0.05, 0) is 57.1 Å². The summed E-state index contributed by atoms with van der Waals surface area (Å²) < 4.78 is 11.0. The molecule has 7 nitrogen and oxygen atoms in total. The minimum absolute atomic E-state index is 0.114. The van der Waals surface area contributed by atoms with Crippen molar-refractivity contribution in [1.29, 1.82) is 0 Å². The van der Waals surface area contributed by atoms with E-state index in [2.05, 4.69) is 15.5 Å². The molecule has 2 aromatic carbocycles. The molecule has 0 saturated heterocycles. The Kier molecular flexibility index (Phi) is 6.06. The van der Waals surface area contributed by atoms with Crippen molar-refractivity contribution in [2.24, 2.45) is 0 Å². The first kappa shape index (κ1) is 19.6. The molecule has 0 aliphatic carbocycles. The third-order valence-corrected chi connectivity index (χ3v) is 4.20. The molecular formula is C21H23N3O4. The van der Waals surface area contributed by atoms with E-state index in [1.54, 1.807) is 7.05 Å². The summed E-state index contributed by atoms with van der Waals surface area (Å²) in [5, 5.41) is 16.0. The number of hydrogen-bond donors (Lipinski definition) is 2. The van der Waals surface area contributed by atoms with Crippen molar-refractivity contribution in [2.45, 2.75) is 32.4 Å². The van der Waals surface area contributed by atoms with Crippen LogP contribution in [0.2, 0.25) is 0 Å². The Morgan fingerprint density at radius 2 is 1.75 bits per heavy atom. The Hall–Kier alpha value is -3.19. The first-order valence-electron chi connectivity index (χ1n) is 9.06. The van der Waals surface area contributed by atoms with E-state index in [9.17, 15) is 4.79 Å². The van der Waals surface area contributed by atoms with Crippen LogP contribution in [0.4, 0.5) is 0 Å². The van der Waals surface area contributed by atoms with Crippen LogP contribution in [0.15, 0.2) is 53.1 Å². The van der Waals surface area contributed by atoms with Crippen molar-refractivity contribution in [3.8, 4) is 28.6 Å². The third kappa shape index (κ3) is 4.75. The van der Waals surface area contributed by atoms with Crippen LogP contribution in [0.3, 0.4) is 0 Å². The molecule has 0 radical (unpaired) electrons. The van der Waals surface area contributed by atoms with Gasteiger partial charge in [-0.25, -0.2) is 0 Å². The number of ether oxygens (including phenoxy) is 1. The number of nitrogens with one attached hydrogen (secondary N) is 1. The maximum atomic E-state index is 11.1. The lowest BCUT2D eigenvalue weighted by molar-refractivity contribution is -0.139. The van der Waals surface area contributed by atoms with Gasteiger partial charge in [-0.2, -0.15) is 4.98 Å². The van der Waals surface area contributed by atoms with Gasteiger partial charge < -0.3 is 19.7 Å². The molecule has 0 fully saturated rings. The second-order valence-corrected chi connectivity index (χ2v) is 6.69. The molecule has 1 heterocycles. The number of rotatable bonds is 8. The number of carboxylic acids is 1. The summed E-state index contributed by atoms with van der Waals surface area (Å²) in [6, 6.07) is 14.3. The first-order valence-corrected chi connectivity index (χ1v) is 9.06. The number of nitrogens with zero attached hydrogens (tertiary/aromatic N) is 2. The Morgan fingerprint density at radius 3 is 2.32 bits per heavy atom. The summed E-state index contributed by atoms with van der Waals surface area (Å²) in [4.78, 5) is 15.6. The van der Waals surface area contributed by atoms with E-state index in [1.165, 1.54) is 0 Å². The minimum Gasteiger partial charge on any atom is -0.491 e. The van der Waals surface area contributed by atoms with Crippen molar-refractivity contribution in [2.75, 3.05) is 7.05 Å². The van der Waals surface area contributed by atoms with Gasteiger partial charge in [0.1, 0.15) is 11.8 Å². The highest BCUT2D eigenvalue weighted by Gasteiger charge is 2.16. The van der Waals surface area contributed by atoms with Crippen LogP contribution in [0, 0.1) is 0 Å². The molecule has 146 valence electrons. The zero-order valence-electron chi connectivity index (χ0n) is 16.0. The predicted molar refractivity (Wildman–Crippen MR) is 105 cm³/mol. The van der Waals surface area contributed by atoms with Crippen LogP contribution < -0.4 is 10.1 Å². The maximum absolute atomic E-state index is 11.1. The van der Waals surface area contributed by atoms with E-state index in [-0.39, 0.29) is 6.10 Å². The van der Waals surface area contributed by atoms with Crippen molar-refractivity contribution in [1.82, 2.24) is 15.5 Å². The number of carbonyl (C=O) groups is 1. The SMILES string of the molecule is CNC(Cc1ccc(-c2noc(-c3ccc(OC(C)C)cc3)n2)cc1)C(=O)O. The summed E-state index contributed by atoms with van der Waals surface area (Å²) in [6.07, 6.45) is 0.511.